The van der Waals surface area contributed by atoms with Gasteiger partial charge in [-0.15, -0.1) is 0 Å². The lowest BCUT2D eigenvalue weighted by Gasteiger charge is -2.16. The molecule has 0 aliphatic carbocycles. The van der Waals surface area contributed by atoms with Gasteiger partial charge in [0.25, 0.3) is 5.91 Å². The summed E-state index contributed by atoms with van der Waals surface area (Å²) in [5.74, 6) is -0.525. The summed E-state index contributed by atoms with van der Waals surface area (Å²) >= 11 is 0. The molecule has 0 bridgehead atoms. The Morgan fingerprint density at radius 2 is 1.66 bits per heavy atom. The minimum Gasteiger partial charge on any atom is -0.495 e. The van der Waals surface area contributed by atoms with Gasteiger partial charge in [0.2, 0.25) is 0 Å². The first-order valence-corrected chi connectivity index (χ1v) is 9.17. The van der Waals surface area contributed by atoms with Crippen LogP contribution in [0.2, 0.25) is 0 Å². The van der Waals surface area contributed by atoms with Gasteiger partial charge in [0.05, 0.1) is 29.7 Å². The van der Waals surface area contributed by atoms with Gasteiger partial charge in [0.15, 0.2) is 6.10 Å². The van der Waals surface area contributed by atoms with Gasteiger partial charge in [-0.25, -0.2) is 4.79 Å². The summed E-state index contributed by atoms with van der Waals surface area (Å²) < 4.78 is 10.5. The lowest BCUT2D eigenvalue weighted by molar-refractivity contribution is -0.123. The maximum atomic E-state index is 12.5. The fourth-order valence-electron chi connectivity index (χ4n) is 2.81. The zero-order chi connectivity index (χ0) is 20.8. The highest BCUT2D eigenvalue weighted by atomic mass is 16.5. The fourth-order valence-corrected chi connectivity index (χ4v) is 2.81. The van der Waals surface area contributed by atoms with Crippen molar-refractivity contribution >= 4 is 17.6 Å². The molecule has 2 aromatic carbocycles. The summed E-state index contributed by atoms with van der Waals surface area (Å²) in [4.78, 5) is 29.4. The standard InChI is InChI=1S/C23H22N2O4/c1-15-18(13-14-19(24-15)17-9-5-4-6-10-17)23(27)29-16(2)22(26)25-20-11-7-8-12-21(20)28-3/h4-14,16H,1-3H3,(H,25,26). The first-order valence-electron chi connectivity index (χ1n) is 9.17. The number of methoxy groups -OCH3 is 1. The van der Waals surface area contributed by atoms with Crippen molar-refractivity contribution in [2.24, 2.45) is 0 Å². The molecule has 148 valence electrons. The summed E-state index contributed by atoms with van der Waals surface area (Å²) in [5, 5.41) is 2.71. The van der Waals surface area contributed by atoms with E-state index in [2.05, 4.69) is 10.3 Å². The number of ether oxygens (including phenoxy) is 2. The van der Waals surface area contributed by atoms with E-state index >= 15 is 0 Å². The van der Waals surface area contributed by atoms with Gasteiger partial charge in [0, 0.05) is 5.56 Å². The number of hydrogen-bond donors (Lipinski definition) is 1. The maximum absolute atomic E-state index is 12.5. The molecular weight excluding hydrogens is 368 g/mol. The third-order valence-corrected chi connectivity index (χ3v) is 4.39. The van der Waals surface area contributed by atoms with E-state index in [9.17, 15) is 9.59 Å². The molecule has 3 aromatic rings. The molecule has 1 atom stereocenters. The molecule has 0 radical (unpaired) electrons. The number of benzene rings is 2. The van der Waals surface area contributed by atoms with Gasteiger partial charge in [-0.1, -0.05) is 42.5 Å². The first-order chi connectivity index (χ1) is 14.0. The number of carbonyl (C=O) groups excluding carboxylic acids is 2. The summed E-state index contributed by atoms with van der Waals surface area (Å²) in [6.45, 7) is 3.26. The summed E-state index contributed by atoms with van der Waals surface area (Å²) in [6, 6.07) is 20.1. The molecule has 1 aromatic heterocycles. The van der Waals surface area contributed by atoms with E-state index in [0.29, 0.717) is 22.7 Å². The average molecular weight is 390 g/mol. The van der Waals surface area contributed by atoms with Crippen molar-refractivity contribution in [3.8, 4) is 17.0 Å². The van der Waals surface area contributed by atoms with Gasteiger partial charge in [-0.2, -0.15) is 0 Å². The number of nitrogens with zero attached hydrogens (tertiary/aromatic N) is 1. The van der Waals surface area contributed by atoms with Crippen LogP contribution in [0.25, 0.3) is 11.3 Å². The van der Waals surface area contributed by atoms with Gasteiger partial charge in [0.1, 0.15) is 5.75 Å². The monoisotopic (exact) mass is 390 g/mol. The Kier molecular flexibility index (Phi) is 6.24. The second kappa shape index (κ2) is 9.01. The lowest BCUT2D eigenvalue weighted by atomic mass is 10.1. The number of hydrogen-bond acceptors (Lipinski definition) is 5. The molecule has 6 nitrogen and oxygen atoms in total. The first kappa shape index (κ1) is 20.1. The van der Waals surface area contributed by atoms with Crippen LogP contribution >= 0.6 is 0 Å². The number of rotatable bonds is 6. The fraction of sp³-hybridized carbons (Fsp3) is 0.174. The number of carbonyl (C=O) groups is 2. The quantitative estimate of drug-likeness (QED) is 0.637. The van der Waals surface area contributed by atoms with Crippen LogP contribution in [0.5, 0.6) is 5.75 Å². The molecule has 0 aliphatic rings. The third-order valence-electron chi connectivity index (χ3n) is 4.39. The van der Waals surface area contributed by atoms with Gasteiger partial charge >= 0.3 is 5.97 Å². The van der Waals surface area contributed by atoms with E-state index in [1.165, 1.54) is 14.0 Å². The minimum absolute atomic E-state index is 0.321. The summed E-state index contributed by atoms with van der Waals surface area (Å²) in [7, 11) is 1.52. The Morgan fingerprint density at radius 1 is 0.966 bits per heavy atom. The topological polar surface area (TPSA) is 77.5 Å². The highest BCUT2D eigenvalue weighted by Crippen LogP contribution is 2.23. The Balaban J connectivity index is 1.68. The Morgan fingerprint density at radius 3 is 2.34 bits per heavy atom. The molecule has 0 aliphatic heterocycles. The number of amides is 1. The van der Waals surface area contributed by atoms with Crippen molar-refractivity contribution in [3.63, 3.8) is 0 Å². The Bertz CT molecular complexity index is 1020. The number of aromatic nitrogens is 1. The van der Waals surface area contributed by atoms with E-state index in [-0.39, 0.29) is 0 Å². The van der Waals surface area contributed by atoms with E-state index < -0.39 is 18.0 Å². The van der Waals surface area contributed by atoms with E-state index in [0.717, 1.165) is 11.3 Å². The highest BCUT2D eigenvalue weighted by Gasteiger charge is 2.21. The molecule has 1 heterocycles. The minimum atomic E-state index is -0.986. The van der Waals surface area contributed by atoms with E-state index in [1.54, 1.807) is 43.3 Å². The summed E-state index contributed by atoms with van der Waals surface area (Å²) in [6.07, 6.45) is -0.986. The molecule has 1 N–H and O–H groups in total. The molecule has 0 saturated heterocycles. The van der Waals surface area contributed by atoms with Gasteiger partial charge < -0.3 is 14.8 Å². The molecule has 6 heteroatoms. The zero-order valence-corrected chi connectivity index (χ0v) is 16.5. The van der Waals surface area contributed by atoms with Crippen LogP contribution in [0.3, 0.4) is 0 Å². The van der Waals surface area contributed by atoms with Gasteiger partial charge in [-0.3, -0.25) is 9.78 Å². The zero-order valence-electron chi connectivity index (χ0n) is 16.5. The van der Waals surface area contributed by atoms with Crippen molar-refractivity contribution < 1.29 is 19.1 Å². The van der Waals surface area contributed by atoms with Crippen molar-refractivity contribution in [1.29, 1.82) is 0 Å². The van der Waals surface area contributed by atoms with Crippen molar-refractivity contribution in [2.45, 2.75) is 20.0 Å². The van der Waals surface area contributed by atoms with Crippen molar-refractivity contribution in [3.05, 3.63) is 78.0 Å². The van der Waals surface area contributed by atoms with E-state index in [4.69, 9.17) is 9.47 Å². The molecule has 0 saturated carbocycles. The van der Waals surface area contributed by atoms with Gasteiger partial charge in [-0.05, 0) is 38.1 Å². The van der Waals surface area contributed by atoms with Crippen LogP contribution < -0.4 is 10.1 Å². The normalized spacial score (nSPS) is 11.4. The smallest absolute Gasteiger partial charge is 0.340 e. The van der Waals surface area contributed by atoms with Crippen molar-refractivity contribution in [2.75, 3.05) is 12.4 Å². The summed E-state index contributed by atoms with van der Waals surface area (Å²) in [5.41, 5.74) is 3.09. The maximum Gasteiger partial charge on any atom is 0.340 e. The van der Waals surface area contributed by atoms with E-state index in [1.807, 2.05) is 30.3 Å². The van der Waals surface area contributed by atoms with Crippen LogP contribution in [0, 0.1) is 6.92 Å². The Hall–Kier alpha value is -3.67. The molecule has 0 spiro atoms. The van der Waals surface area contributed by atoms with Crippen LogP contribution in [-0.4, -0.2) is 30.1 Å². The molecule has 1 amide bonds. The average Bonchev–Trinajstić information content (AvgIpc) is 2.74. The number of para-hydroxylation sites is 2. The third kappa shape index (κ3) is 4.79. The number of esters is 1. The molecular formula is C23H22N2O4. The molecule has 1 unspecified atom stereocenters. The SMILES string of the molecule is COc1ccccc1NC(=O)C(C)OC(=O)c1ccc(-c2ccccc2)nc1C. The van der Waals surface area contributed by atoms with Crippen molar-refractivity contribution in [1.82, 2.24) is 4.98 Å². The number of nitrogens with one attached hydrogen (secondary N) is 1. The number of anilines is 1. The molecule has 3 rings (SSSR count). The number of aryl methyl sites for hydroxylation is 1. The Labute approximate surface area is 169 Å². The number of pyridine rings is 1. The predicted molar refractivity (Wildman–Crippen MR) is 111 cm³/mol. The molecule has 29 heavy (non-hydrogen) atoms. The molecule has 0 fully saturated rings. The lowest BCUT2D eigenvalue weighted by Crippen LogP contribution is -2.30. The predicted octanol–water partition coefficient (Wildman–Crippen LogP) is 4.25. The largest absolute Gasteiger partial charge is 0.495 e. The second-order valence-corrected chi connectivity index (χ2v) is 6.43. The van der Waals surface area contributed by atoms with Crippen LogP contribution in [0.4, 0.5) is 5.69 Å². The highest BCUT2D eigenvalue weighted by molar-refractivity contribution is 5.98. The van der Waals surface area contributed by atoms with Crippen LogP contribution in [0.15, 0.2) is 66.7 Å². The second-order valence-electron chi connectivity index (χ2n) is 6.43. The van der Waals surface area contributed by atoms with Crippen LogP contribution in [0.1, 0.15) is 23.0 Å². The van der Waals surface area contributed by atoms with Crippen LogP contribution in [-0.2, 0) is 9.53 Å².